The van der Waals surface area contributed by atoms with Crippen LogP contribution >= 0.6 is 11.3 Å². The second kappa shape index (κ2) is 9.30. The van der Waals surface area contributed by atoms with Crippen LogP contribution in [0.15, 0.2) is 84.0 Å². The topological polar surface area (TPSA) is 7.12 Å². The molecule has 0 bridgehead atoms. The van der Waals surface area contributed by atoms with Gasteiger partial charge >= 0.3 is 0 Å². The van der Waals surface area contributed by atoms with Crippen LogP contribution in [0.2, 0.25) is 0 Å². The van der Waals surface area contributed by atoms with E-state index in [-0.39, 0.29) is 5.41 Å². The molecule has 0 fully saturated rings. The normalized spacial score (nSPS) is 17.5. The maximum Gasteiger partial charge on any atom is 0.262 e. The van der Waals surface area contributed by atoms with E-state index >= 15 is 0 Å². The molecule has 4 rings (SSSR count). The highest BCUT2D eigenvalue weighted by Gasteiger charge is 2.25. The summed E-state index contributed by atoms with van der Waals surface area (Å²) in [7, 11) is 6.30. The van der Waals surface area contributed by atoms with Crippen LogP contribution in [-0.2, 0) is 7.05 Å². The molecule has 3 heteroatoms. The highest BCUT2D eigenvalue weighted by molar-refractivity contribution is 7.18. The van der Waals surface area contributed by atoms with Gasteiger partial charge in [-0.15, -0.1) is 0 Å². The first-order valence-corrected chi connectivity index (χ1v) is 12.0. The molecule has 0 saturated heterocycles. The number of rotatable bonds is 5. The molecule has 0 unspecified atom stereocenters. The SMILES string of the molecule is CN(C)c1ccc(C=CC=CC2=CC(=Cc3sc4ccccc4[n+]3C)CC(C)(C)C2)cc1. The molecule has 1 heterocycles. The van der Waals surface area contributed by atoms with E-state index in [1.54, 1.807) is 0 Å². The molecule has 2 nitrogen and oxygen atoms in total. The van der Waals surface area contributed by atoms with Gasteiger partial charge in [-0.1, -0.05) is 79.8 Å². The van der Waals surface area contributed by atoms with E-state index in [0.717, 1.165) is 12.8 Å². The molecular formula is C29H33N2S+. The number of hydrogen-bond acceptors (Lipinski definition) is 2. The summed E-state index contributed by atoms with van der Waals surface area (Å²) in [4.78, 5) is 2.12. The Morgan fingerprint density at radius 2 is 1.66 bits per heavy atom. The Bertz CT molecular complexity index is 1220. The monoisotopic (exact) mass is 441 g/mol. The molecule has 164 valence electrons. The molecule has 0 atom stereocenters. The van der Waals surface area contributed by atoms with Gasteiger partial charge in [-0.05, 0) is 53.2 Å². The lowest BCUT2D eigenvalue weighted by Crippen LogP contribution is -2.29. The minimum atomic E-state index is 0.265. The van der Waals surface area contributed by atoms with E-state index in [1.165, 1.54) is 37.6 Å². The van der Waals surface area contributed by atoms with Crippen LogP contribution in [0.4, 0.5) is 5.69 Å². The fraction of sp³-hybridized carbons (Fsp3) is 0.276. The van der Waals surface area contributed by atoms with Crippen LogP contribution in [0.1, 0.15) is 37.3 Å². The van der Waals surface area contributed by atoms with Crippen molar-refractivity contribution in [1.82, 2.24) is 0 Å². The number of thiazole rings is 1. The van der Waals surface area contributed by atoms with Gasteiger partial charge in [0.25, 0.3) is 5.01 Å². The standard InChI is InChI=1S/C29H33N2S/c1-29(2)20-23(11-7-6-10-22-14-16-25(17-15-22)30(3)4)18-24(21-29)19-28-31(5)26-12-8-9-13-27(26)32-28/h6-19H,20-21H2,1-5H3/q+1. The summed E-state index contributed by atoms with van der Waals surface area (Å²) in [5, 5.41) is 1.31. The summed E-state index contributed by atoms with van der Waals surface area (Å²) in [5.41, 5.74) is 6.80. The van der Waals surface area contributed by atoms with Crippen molar-refractivity contribution < 1.29 is 4.57 Å². The number of aryl methyl sites for hydroxylation is 1. The highest BCUT2D eigenvalue weighted by Crippen LogP contribution is 2.39. The first-order valence-electron chi connectivity index (χ1n) is 11.2. The fourth-order valence-electron chi connectivity index (χ4n) is 4.34. The molecule has 32 heavy (non-hydrogen) atoms. The highest BCUT2D eigenvalue weighted by atomic mass is 32.1. The van der Waals surface area contributed by atoms with Gasteiger partial charge in [0.05, 0.1) is 0 Å². The van der Waals surface area contributed by atoms with E-state index in [0.29, 0.717) is 0 Å². The Morgan fingerprint density at radius 3 is 2.38 bits per heavy atom. The van der Waals surface area contributed by atoms with Crippen LogP contribution < -0.4 is 9.47 Å². The van der Waals surface area contributed by atoms with Crippen molar-refractivity contribution in [3.8, 4) is 0 Å². The second-order valence-corrected chi connectivity index (χ2v) is 10.7. The Hall–Kier alpha value is -2.91. The molecule has 0 radical (unpaired) electrons. The number of fused-ring (bicyclic) bond motifs is 1. The van der Waals surface area contributed by atoms with Gasteiger partial charge in [0.15, 0.2) is 0 Å². The number of aromatic nitrogens is 1. The summed E-state index contributed by atoms with van der Waals surface area (Å²) in [5.74, 6) is 0. The third-order valence-electron chi connectivity index (χ3n) is 5.94. The maximum absolute atomic E-state index is 2.38. The van der Waals surface area contributed by atoms with E-state index in [4.69, 9.17) is 0 Å². The lowest BCUT2D eigenvalue weighted by atomic mass is 9.75. The summed E-state index contributed by atoms with van der Waals surface area (Å²) in [6.07, 6.45) is 15.7. The van der Waals surface area contributed by atoms with Crippen molar-refractivity contribution in [3.05, 3.63) is 94.6 Å². The Morgan fingerprint density at radius 1 is 0.938 bits per heavy atom. The van der Waals surface area contributed by atoms with E-state index in [1.807, 2.05) is 11.3 Å². The van der Waals surface area contributed by atoms with Gasteiger partial charge in [0.1, 0.15) is 11.7 Å². The smallest absolute Gasteiger partial charge is 0.262 e. The van der Waals surface area contributed by atoms with Gasteiger partial charge in [0, 0.05) is 31.9 Å². The summed E-state index contributed by atoms with van der Waals surface area (Å²) >= 11 is 1.87. The van der Waals surface area contributed by atoms with Crippen molar-refractivity contribution >= 4 is 39.4 Å². The van der Waals surface area contributed by atoms with Gasteiger partial charge in [-0.2, -0.15) is 4.57 Å². The predicted molar refractivity (Wildman–Crippen MR) is 141 cm³/mol. The minimum absolute atomic E-state index is 0.265. The van der Waals surface area contributed by atoms with Crippen LogP contribution in [0.5, 0.6) is 0 Å². The first-order chi connectivity index (χ1) is 15.3. The zero-order chi connectivity index (χ0) is 22.7. The van der Waals surface area contributed by atoms with Crippen molar-refractivity contribution in [2.45, 2.75) is 26.7 Å². The second-order valence-electron chi connectivity index (χ2n) is 9.63. The largest absolute Gasteiger partial charge is 0.378 e. The van der Waals surface area contributed by atoms with Crippen molar-refractivity contribution in [1.29, 1.82) is 0 Å². The molecule has 2 aromatic carbocycles. The van der Waals surface area contributed by atoms with Crippen LogP contribution in [0.25, 0.3) is 22.4 Å². The van der Waals surface area contributed by atoms with Gasteiger partial charge in [-0.25, -0.2) is 0 Å². The van der Waals surface area contributed by atoms with Crippen molar-refractivity contribution in [3.63, 3.8) is 0 Å². The number of allylic oxidation sites excluding steroid dienone is 6. The van der Waals surface area contributed by atoms with Crippen LogP contribution in [0.3, 0.4) is 0 Å². The summed E-state index contributed by atoms with van der Waals surface area (Å²) in [6.45, 7) is 4.74. The lowest BCUT2D eigenvalue weighted by Gasteiger charge is -2.30. The van der Waals surface area contributed by atoms with Crippen LogP contribution in [-0.4, -0.2) is 14.1 Å². The predicted octanol–water partition coefficient (Wildman–Crippen LogP) is 7.19. The van der Waals surface area contributed by atoms with Crippen molar-refractivity contribution in [2.24, 2.45) is 12.5 Å². The first kappa shape index (κ1) is 22.3. The maximum atomic E-state index is 2.38. The van der Waals surface area contributed by atoms with Crippen LogP contribution in [0, 0.1) is 5.41 Å². The third kappa shape index (κ3) is 5.28. The third-order valence-corrected chi connectivity index (χ3v) is 7.10. The molecule has 0 N–H and O–H groups in total. The Labute approximate surface area is 196 Å². The number of hydrogen-bond donors (Lipinski definition) is 0. The molecule has 0 saturated carbocycles. The van der Waals surface area contributed by atoms with Gasteiger partial charge in [0.2, 0.25) is 5.52 Å². The quantitative estimate of drug-likeness (QED) is 0.300. The molecular weight excluding hydrogens is 408 g/mol. The lowest BCUT2D eigenvalue weighted by molar-refractivity contribution is -0.642. The Kier molecular flexibility index (Phi) is 6.48. The molecule has 0 aliphatic heterocycles. The molecule has 0 amide bonds. The number of benzene rings is 2. The zero-order valence-corrected chi connectivity index (χ0v) is 20.6. The number of nitrogens with zero attached hydrogens (tertiary/aromatic N) is 2. The minimum Gasteiger partial charge on any atom is -0.378 e. The number of anilines is 1. The Balaban J connectivity index is 1.53. The van der Waals surface area contributed by atoms with E-state index in [9.17, 15) is 0 Å². The van der Waals surface area contributed by atoms with Crippen molar-refractivity contribution in [2.75, 3.05) is 19.0 Å². The average molecular weight is 442 g/mol. The molecule has 1 aliphatic rings. The average Bonchev–Trinajstić information content (AvgIpc) is 3.06. The summed E-state index contributed by atoms with van der Waals surface area (Å²) in [6, 6.07) is 17.3. The zero-order valence-electron chi connectivity index (χ0n) is 19.8. The van der Waals surface area contributed by atoms with Gasteiger partial charge < -0.3 is 4.90 Å². The molecule has 0 spiro atoms. The van der Waals surface area contributed by atoms with Gasteiger partial charge in [-0.3, -0.25) is 0 Å². The van der Waals surface area contributed by atoms with E-state index in [2.05, 4.69) is 129 Å². The molecule has 1 aliphatic carbocycles. The van der Waals surface area contributed by atoms with E-state index < -0.39 is 0 Å². The fourth-order valence-corrected chi connectivity index (χ4v) is 5.47. The molecule has 3 aromatic rings. The molecule has 1 aromatic heterocycles. The summed E-state index contributed by atoms with van der Waals surface area (Å²) < 4.78 is 3.65. The number of para-hydroxylation sites is 1.